The quantitative estimate of drug-likeness (QED) is 0.616. The van der Waals surface area contributed by atoms with Crippen LogP contribution in [-0.4, -0.2) is 31.0 Å². The number of carboxylic acids is 1. The highest BCUT2D eigenvalue weighted by Crippen LogP contribution is 2.33. The first-order valence-corrected chi connectivity index (χ1v) is 8.29. The maximum atomic E-state index is 12.7. The van der Waals surface area contributed by atoms with E-state index < -0.39 is 33.1 Å². The van der Waals surface area contributed by atoms with Gasteiger partial charge in [0.15, 0.2) is 0 Å². The fourth-order valence-corrected chi connectivity index (χ4v) is 3.66. The van der Waals surface area contributed by atoms with E-state index in [2.05, 4.69) is 0 Å². The highest BCUT2D eigenvalue weighted by molar-refractivity contribution is 7.92. The summed E-state index contributed by atoms with van der Waals surface area (Å²) in [5, 5.41) is 19.8. The standard InChI is InChI=1S/C14H11ClN2O6S/c15-12-7-6-10(17(20)21)8-13(12)16(9-14(18)19)24(22,23)11-4-2-1-3-5-11/h1-8H,9H2,(H,18,19). The molecular formula is C14H11ClN2O6S. The molecule has 0 aliphatic rings. The Morgan fingerprint density at radius 2 is 1.83 bits per heavy atom. The average Bonchev–Trinajstić information content (AvgIpc) is 2.53. The highest BCUT2D eigenvalue weighted by Gasteiger charge is 2.29. The Bertz CT molecular complexity index is 885. The van der Waals surface area contributed by atoms with Crippen LogP contribution >= 0.6 is 11.6 Å². The lowest BCUT2D eigenvalue weighted by atomic mass is 10.3. The molecule has 8 nitrogen and oxygen atoms in total. The summed E-state index contributed by atoms with van der Waals surface area (Å²) in [6, 6.07) is 10.3. The molecule has 2 rings (SSSR count). The SMILES string of the molecule is O=C(O)CN(c1cc([N+](=O)[O-])ccc1Cl)S(=O)(=O)c1ccccc1. The molecular weight excluding hydrogens is 360 g/mol. The Balaban J connectivity index is 2.64. The van der Waals surface area contributed by atoms with Gasteiger partial charge in [0.2, 0.25) is 0 Å². The van der Waals surface area contributed by atoms with Crippen LogP contribution in [-0.2, 0) is 14.8 Å². The van der Waals surface area contributed by atoms with Crippen molar-refractivity contribution in [2.75, 3.05) is 10.8 Å². The van der Waals surface area contributed by atoms with Gasteiger partial charge in [-0.3, -0.25) is 19.2 Å². The van der Waals surface area contributed by atoms with Gasteiger partial charge < -0.3 is 5.11 Å². The third kappa shape index (κ3) is 3.63. The molecule has 0 heterocycles. The molecule has 0 aliphatic carbocycles. The third-order valence-corrected chi connectivity index (χ3v) is 5.11. The lowest BCUT2D eigenvalue weighted by Gasteiger charge is -2.23. The molecule has 0 unspecified atom stereocenters. The van der Waals surface area contributed by atoms with Gasteiger partial charge in [0.05, 0.1) is 20.5 Å². The number of anilines is 1. The van der Waals surface area contributed by atoms with Gasteiger partial charge in [0.1, 0.15) is 6.54 Å². The van der Waals surface area contributed by atoms with Gasteiger partial charge in [-0.25, -0.2) is 8.42 Å². The molecule has 0 radical (unpaired) electrons. The Morgan fingerprint density at radius 1 is 1.21 bits per heavy atom. The number of carboxylic acid groups (broad SMARTS) is 1. The summed E-state index contributed by atoms with van der Waals surface area (Å²) in [4.78, 5) is 21.1. The number of rotatable bonds is 6. The molecule has 0 atom stereocenters. The zero-order valence-corrected chi connectivity index (χ0v) is 13.6. The van der Waals surface area contributed by atoms with E-state index in [0.29, 0.717) is 4.31 Å². The van der Waals surface area contributed by atoms with E-state index in [1.165, 1.54) is 24.3 Å². The summed E-state index contributed by atoms with van der Waals surface area (Å²) in [5.74, 6) is -1.43. The number of nitro groups is 1. The molecule has 24 heavy (non-hydrogen) atoms. The van der Waals surface area contributed by atoms with Crippen molar-refractivity contribution < 1.29 is 23.2 Å². The summed E-state index contributed by atoms with van der Waals surface area (Å²) < 4.78 is 26.0. The van der Waals surface area contributed by atoms with Crippen LogP contribution in [0.1, 0.15) is 0 Å². The monoisotopic (exact) mass is 370 g/mol. The number of aliphatic carboxylic acids is 1. The van der Waals surface area contributed by atoms with Crippen LogP contribution < -0.4 is 4.31 Å². The highest BCUT2D eigenvalue weighted by atomic mass is 35.5. The molecule has 2 aromatic rings. The van der Waals surface area contributed by atoms with E-state index in [9.17, 15) is 23.3 Å². The molecule has 2 aromatic carbocycles. The van der Waals surface area contributed by atoms with Gasteiger partial charge in [-0.05, 0) is 18.2 Å². The van der Waals surface area contributed by atoms with E-state index in [1.807, 2.05) is 0 Å². The average molecular weight is 371 g/mol. The maximum absolute atomic E-state index is 12.7. The summed E-state index contributed by atoms with van der Waals surface area (Å²) in [6.07, 6.45) is 0. The topological polar surface area (TPSA) is 118 Å². The van der Waals surface area contributed by atoms with Crippen molar-refractivity contribution >= 4 is 39.0 Å². The van der Waals surface area contributed by atoms with Crippen molar-refractivity contribution in [3.8, 4) is 0 Å². The molecule has 0 amide bonds. The van der Waals surface area contributed by atoms with Gasteiger partial charge >= 0.3 is 5.97 Å². The largest absolute Gasteiger partial charge is 0.480 e. The smallest absolute Gasteiger partial charge is 0.324 e. The number of nitro benzene ring substituents is 1. The van der Waals surface area contributed by atoms with E-state index >= 15 is 0 Å². The Kier molecular flexibility index (Phi) is 5.05. The minimum absolute atomic E-state index is 0.124. The molecule has 10 heteroatoms. The fraction of sp³-hybridized carbons (Fsp3) is 0.0714. The zero-order valence-electron chi connectivity index (χ0n) is 12.0. The molecule has 0 bridgehead atoms. The number of nitrogens with zero attached hydrogens (tertiary/aromatic N) is 2. The Hall–Kier alpha value is -2.65. The summed E-state index contributed by atoms with van der Waals surface area (Å²) in [7, 11) is -4.27. The lowest BCUT2D eigenvalue weighted by Crippen LogP contribution is -2.36. The van der Waals surface area contributed by atoms with Crippen LogP contribution in [0.4, 0.5) is 11.4 Å². The van der Waals surface area contributed by atoms with E-state index in [1.54, 1.807) is 6.07 Å². The van der Waals surface area contributed by atoms with Gasteiger partial charge in [0.25, 0.3) is 15.7 Å². The molecule has 0 saturated carbocycles. The number of benzene rings is 2. The van der Waals surface area contributed by atoms with Gasteiger partial charge in [-0.2, -0.15) is 0 Å². The summed E-state index contributed by atoms with van der Waals surface area (Å²) in [5.41, 5.74) is -0.690. The number of halogens is 1. The van der Waals surface area contributed by atoms with Gasteiger partial charge in [-0.1, -0.05) is 29.8 Å². The van der Waals surface area contributed by atoms with Crippen molar-refractivity contribution in [1.82, 2.24) is 0 Å². The predicted octanol–water partition coefficient (Wildman–Crippen LogP) is 2.53. The minimum Gasteiger partial charge on any atom is -0.480 e. The second kappa shape index (κ2) is 6.85. The molecule has 0 saturated heterocycles. The Morgan fingerprint density at radius 3 is 2.38 bits per heavy atom. The number of hydrogen-bond acceptors (Lipinski definition) is 5. The van der Waals surface area contributed by atoms with Crippen molar-refractivity contribution in [3.63, 3.8) is 0 Å². The van der Waals surface area contributed by atoms with Crippen LogP contribution in [0.5, 0.6) is 0 Å². The fourth-order valence-electron chi connectivity index (χ4n) is 1.95. The van der Waals surface area contributed by atoms with Crippen LogP contribution in [0.2, 0.25) is 5.02 Å². The number of carbonyl (C=O) groups is 1. The van der Waals surface area contributed by atoms with Crippen molar-refractivity contribution in [3.05, 3.63) is 63.7 Å². The van der Waals surface area contributed by atoms with Crippen LogP contribution in [0, 0.1) is 10.1 Å². The number of hydrogen-bond donors (Lipinski definition) is 1. The van der Waals surface area contributed by atoms with Crippen molar-refractivity contribution in [1.29, 1.82) is 0 Å². The first-order chi connectivity index (χ1) is 11.2. The minimum atomic E-state index is -4.27. The number of non-ortho nitro benzene ring substituents is 1. The van der Waals surface area contributed by atoms with Crippen LogP contribution in [0.3, 0.4) is 0 Å². The van der Waals surface area contributed by atoms with Crippen molar-refractivity contribution in [2.45, 2.75) is 4.90 Å². The first-order valence-electron chi connectivity index (χ1n) is 6.47. The lowest BCUT2D eigenvalue weighted by molar-refractivity contribution is -0.384. The molecule has 126 valence electrons. The molecule has 0 aliphatic heterocycles. The second-order valence-electron chi connectivity index (χ2n) is 4.61. The second-order valence-corrected chi connectivity index (χ2v) is 6.88. The van der Waals surface area contributed by atoms with Crippen LogP contribution in [0.25, 0.3) is 0 Å². The molecule has 0 aromatic heterocycles. The molecule has 0 fully saturated rings. The van der Waals surface area contributed by atoms with E-state index in [0.717, 1.165) is 18.2 Å². The third-order valence-electron chi connectivity index (χ3n) is 3.02. The van der Waals surface area contributed by atoms with Crippen molar-refractivity contribution in [2.24, 2.45) is 0 Å². The van der Waals surface area contributed by atoms with Crippen LogP contribution in [0.15, 0.2) is 53.4 Å². The molecule has 0 spiro atoms. The number of sulfonamides is 1. The molecule has 1 N–H and O–H groups in total. The first kappa shape index (κ1) is 17.7. The zero-order chi connectivity index (χ0) is 17.9. The van der Waals surface area contributed by atoms with Gasteiger partial charge in [-0.15, -0.1) is 0 Å². The van der Waals surface area contributed by atoms with E-state index in [4.69, 9.17) is 16.7 Å². The normalized spacial score (nSPS) is 11.0. The van der Waals surface area contributed by atoms with E-state index in [-0.39, 0.29) is 15.6 Å². The Labute approximate surface area is 142 Å². The predicted molar refractivity (Wildman–Crippen MR) is 86.7 cm³/mol. The summed E-state index contributed by atoms with van der Waals surface area (Å²) >= 11 is 5.95. The van der Waals surface area contributed by atoms with Gasteiger partial charge in [0, 0.05) is 12.1 Å². The maximum Gasteiger partial charge on any atom is 0.324 e. The summed E-state index contributed by atoms with van der Waals surface area (Å²) in [6.45, 7) is -0.932.